The lowest BCUT2D eigenvalue weighted by atomic mass is 10.1. The Balaban J connectivity index is 2.14. The van der Waals surface area contributed by atoms with Crippen molar-refractivity contribution in [3.8, 4) is 0 Å². The van der Waals surface area contributed by atoms with Gasteiger partial charge in [0.25, 0.3) is 0 Å². The van der Waals surface area contributed by atoms with Gasteiger partial charge in [-0.05, 0) is 40.9 Å². The summed E-state index contributed by atoms with van der Waals surface area (Å²) >= 11 is 1.60. The second-order valence-electron chi connectivity index (χ2n) is 3.16. The number of hydrogen-bond donors (Lipinski definition) is 0. The number of furan rings is 1. The first-order valence-electron chi connectivity index (χ1n) is 4.36. The number of thiophene rings is 1. The molecule has 0 fully saturated rings. The summed E-state index contributed by atoms with van der Waals surface area (Å²) in [7, 11) is 0. The topological polar surface area (TPSA) is 30.2 Å². The van der Waals surface area contributed by atoms with Crippen LogP contribution >= 0.6 is 11.3 Å². The molecule has 2 heterocycles. The van der Waals surface area contributed by atoms with Gasteiger partial charge in [0.15, 0.2) is 5.76 Å². The molecule has 0 bridgehead atoms. The van der Waals surface area contributed by atoms with E-state index in [9.17, 15) is 4.79 Å². The zero-order chi connectivity index (χ0) is 9.97. The van der Waals surface area contributed by atoms with E-state index in [-0.39, 0.29) is 5.78 Å². The highest BCUT2D eigenvalue weighted by atomic mass is 32.1. The van der Waals surface area contributed by atoms with Crippen LogP contribution in [-0.4, -0.2) is 5.78 Å². The largest absolute Gasteiger partial charge is 0.461 e. The molecule has 14 heavy (non-hydrogen) atoms. The van der Waals surface area contributed by atoms with Gasteiger partial charge in [-0.1, -0.05) is 0 Å². The monoisotopic (exact) mass is 206 g/mol. The Hall–Kier alpha value is -1.35. The third-order valence-corrected chi connectivity index (χ3v) is 2.79. The molecule has 0 spiro atoms. The van der Waals surface area contributed by atoms with Crippen LogP contribution in [0.25, 0.3) is 0 Å². The first-order valence-corrected chi connectivity index (χ1v) is 5.30. The molecule has 72 valence electrons. The highest BCUT2D eigenvalue weighted by Crippen LogP contribution is 2.14. The van der Waals surface area contributed by atoms with Gasteiger partial charge in [0.1, 0.15) is 0 Å². The highest BCUT2D eigenvalue weighted by molar-refractivity contribution is 7.08. The van der Waals surface area contributed by atoms with Crippen LogP contribution in [0, 0.1) is 6.92 Å². The van der Waals surface area contributed by atoms with Crippen molar-refractivity contribution in [3.63, 3.8) is 0 Å². The van der Waals surface area contributed by atoms with Gasteiger partial charge in [-0.3, -0.25) is 4.79 Å². The second-order valence-corrected chi connectivity index (χ2v) is 3.94. The molecule has 0 amide bonds. The van der Waals surface area contributed by atoms with Crippen molar-refractivity contribution in [3.05, 3.63) is 46.0 Å². The highest BCUT2D eigenvalue weighted by Gasteiger charge is 2.12. The number of hydrogen-bond acceptors (Lipinski definition) is 3. The second kappa shape index (κ2) is 3.80. The van der Waals surface area contributed by atoms with Gasteiger partial charge in [-0.2, -0.15) is 11.3 Å². The third kappa shape index (κ3) is 1.77. The van der Waals surface area contributed by atoms with E-state index in [0.717, 1.165) is 11.1 Å². The molecule has 0 aliphatic rings. The van der Waals surface area contributed by atoms with Crippen LogP contribution in [0.5, 0.6) is 0 Å². The van der Waals surface area contributed by atoms with Crippen LogP contribution in [0.2, 0.25) is 0 Å². The molecule has 0 unspecified atom stereocenters. The Kier molecular flexibility index (Phi) is 2.50. The molecule has 0 saturated heterocycles. The molecular weight excluding hydrogens is 196 g/mol. The number of carbonyl (C=O) groups excluding carboxylic acids is 1. The molecule has 0 atom stereocenters. The lowest BCUT2D eigenvalue weighted by molar-refractivity contribution is 0.0965. The van der Waals surface area contributed by atoms with Gasteiger partial charge >= 0.3 is 0 Å². The summed E-state index contributed by atoms with van der Waals surface area (Å²) in [5.41, 5.74) is 1.96. The van der Waals surface area contributed by atoms with Crippen LogP contribution in [-0.2, 0) is 6.42 Å². The Morgan fingerprint density at radius 1 is 1.50 bits per heavy atom. The number of rotatable bonds is 3. The Morgan fingerprint density at radius 2 is 2.36 bits per heavy atom. The first kappa shape index (κ1) is 9.21. The van der Waals surface area contributed by atoms with E-state index in [1.54, 1.807) is 23.7 Å². The normalized spacial score (nSPS) is 10.4. The van der Waals surface area contributed by atoms with Gasteiger partial charge in [-0.15, -0.1) is 0 Å². The van der Waals surface area contributed by atoms with Crippen LogP contribution < -0.4 is 0 Å². The van der Waals surface area contributed by atoms with Crippen molar-refractivity contribution in [2.45, 2.75) is 13.3 Å². The van der Waals surface area contributed by atoms with Crippen LogP contribution in [0.1, 0.15) is 21.7 Å². The molecule has 0 aliphatic heterocycles. The number of aryl methyl sites for hydroxylation is 1. The van der Waals surface area contributed by atoms with Crippen molar-refractivity contribution < 1.29 is 9.21 Å². The predicted molar refractivity (Wildman–Crippen MR) is 55.8 cm³/mol. The number of carbonyl (C=O) groups is 1. The van der Waals surface area contributed by atoms with Crippen LogP contribution in [0.3, 0.4) is 0 Å². The van der Waals surface area contributed by atoms with Crippen molar-refractivity contribution in [2.75, 3.05) is 0 Å². The quantitative estimate of drug-likeness (QED) is 0.722. The summed E-state index contributed by atoms with van der Waals surface area (Å²) in [5, 5.41) is 3.95. The number of ketones is 1. The summed E-state index contributed by atoms with van der Waals surface area (Å²) < 4.78 is 5.13. The van der Waals surface area contributed by atoms with E-state index >= 15 is 0 Å². The third-order valence-electron chi connectivity index (χ3n) is 2.06. The Morgan fingerprint density at radius 3 is 2.93 bits per heavy atom. The van der Waals surface area contributed by atoms with Gasteiger partial charge in [-0.25, -0.2) is 0 Å². The molecule has 2 nitrogen and oxygen atoms in total. The fraction of sp³-hybridized carbons (Fsp3) is 0.182. The maximum absolute atomic E-state index is 11.7. The van der Waals surface area contributed by atoms with Crippen molar-refractivity contribution in [2.24, 2.45) is 0 Å². The van der Waals surface area contributed by atoms with Crippen LogP contribution in [0.4, 0.5) is 0 Å². The molecule has 0 aromatic carbocycles. The lowest BCUT2D eigenvalue weighted by Crippen LogP contribution is -2.02. The minimum absolute atomic E-state index is 0.0471. The van der Waals surface area contributed by atoms with Gasteiger partial charge in [0.05, 0.1) is 6.26 Å². The Bertz CT molecular complexity index is 426. The van der Waals surface area contributed by atoms with Gasteiger partial charge in [0.2, 0.25) is 5.78 Å². The molecule has 0 N–H and O–H groups in total. The average Bonchev–Trinajstić information content (AvgIpc) is 2.75. The molecule has 2 aromatic rings. The van der Waals surface area contributed by atoms with E-state index < -0.39 is 0 Å². The summed E-state index contributed by atoms with van der Waals surface area (Å²) in [6.07, 6.45) is 1.98. The van der Waals surface area contributed by atoms with Crippen LogP contribution in [0.15, 0.2) is 33.6 Å². The molecule has 0 saturated carbocycles. The molecule has 2 aromatic heterocycles. The zero-order valence-corrected chi connectivity index (χ0v) is 8.64. The maximum atomic E-state index is 11.7. The fourth-order valence-electron chi connectivity index (χ4n) is 1.32. The number of Topliss-reactive ketones (excluding diaryl/α,β-unsaturated/α-hetero) is 1. The first-order chi connectivity index (χ1) is 6.77. The van der Waals surface area contributed by atoms with E-state index in [0.29, 0.717) is 12.2 Å². The Labute approximate surface area is 86.2 Å². The zero-order valence-electron chi connectivity index (χ0n) is 7.82. The summed E-state index contributed by atoms with van der Waals surface area (Å²) in [5.74, 6) is 0.530. The molecule has 0 aliphatic carbocycles. The van der Waals surface area contributed by atoms with Crippen molar-refractivity contribution in [1.82, 2.24) is 0 Å². The molecule has 2 rings (SSSR count). The minimum atomic E-state index is 0.0471. The summed E-state index contributed by atoms with van der Waals surface area (Å²) in [6.45, 7) is 1.88. The maximum Gasteiger partial charge on any atom is 0.202 e. The van der Waals surface area contributed by atoms with E-state index in [2.05, 4.69) is 0 Å². The minimum Gasteiger partial charge on any atom is -0.461 e. The van der Waals surface area contributed by atoms with Gasteiger partial charge in [0, 0.05) is 6.42 Å². The lowest BCUT2D eigenvalue weighted by Gasteiger charge is -1.96. The van der Waals surface area contributed by atoms with E-state index in [1.165, 1.54) is 0 Å². The van der Waals surface area contributed by atoms with Crippen molar-refractivity contribution in [1.29, 1.82) is 0 Å². The SMILES string of the molecule is Cc1ccoc1C(=O)Cc1ccsc1. The molecule has 0 radical (unpaired) electrons. The van der Waals surface area contributed by atoms with Crippen molar-refractivity contribution >= 4 is 17.1 Å². The standard InChI is InChI=1S/C11H10O2S/c1-8-2-4-13-11(8)10(12)6-9-3-5-14-7-9/h2-5,7H,6H2,1H3. The summed E-state index contributed by atoms with van der Waals surface area (Å²) in [6, 6.07) is 3.77. The smallest absolute Gasteiger partial charge is 0.202 e. The summed E-state index contributed by atoms with van der Waals surface area (Å²) in [4.78, 5) is 11.7. The van der Waals surface area contributed by atoms with E-state index in [1.807, 2.05) is 23.8 Å². The molecular formula is C11H10O2S. The average molecular weight is 206 g/mol. The predicted octanol–water partition coefficient (Wildman–Crippen LogP) is 3.07. The molecule has 3 heteroatoms. The van der Waals surface area contributed by atoms with E-state index in [4.69, 9.17) is 4.42 Å². The van der Waals surface area contributed by atoms with Gasteiger partial charge < -0.3 is 4.42 Å². The fourth-order valence-corrected chi connectivity index (χ4v) is 1.99.